The van der Waals surface area contributed by atoms with E-state index < -0.39 is 5.54 Å². The Kier molecular flexibility index (Phi) is 5.93. The van der Waals surface area contributed by atoms with Gasteiger partial charge in [0.05, 0.1) is 12.5 Å². The largest absolute Gasteiger partial charge is 0.318 e. The molecule has 0 amide bonds. The third kappa shape index (κ3) is 3.66. The Bertz CT molecular complexity index is 1680. The number of nitrogens with zero attached hydrogens (tertiary/aromatic N) is 6. The van der Waals surface area contributed by atoms with E-state index in [-0.39, 0.29) is 22.5 Å². The molecule has 6 aromatic rings. The van der Waals surface area contributed by atoms with Gasteiger partial charge in [0.15, 0.2) is 0 Å². The molecule has 7 nitrogen and oxygen atoms in total. The van der Waals surface area contributed by atoms with Gasteiger partial charge < -0.3 is 4.57 Å². The number of benzene rings is 3. The lowest BCUT2D eigenvalue weighted by Gasteiger charge is -2.37. The molecule has 6 rings (SSSR count). The summed E-state index contributed by atoms with van der Waals surface area (Å²) >= 11 is 6.42. The summed E-state index contributed by atoms with van der Waals surface area (Å²) < 4.78 is 5.02. The maximum absolute atomic E-state index is 13.1. The minimum Gasteiger partial charge on any atom is -0.318 e. The quantitative estimate of drug-likeness (QED) is 0.259. The van der Waals surface area contributed by atoms with Crippen molar-refractivity contribution < 1.29 is 0 Å². The van der Waals surface area contributed by atoms with Crippen molar-refractivity contribution in [1.29, 1.82) is 0 Å². The van der Waals surface area contributed by atoms with Crippen molar-refractivity contribution in [2.24, 2.45) is 0 Å². The number of fused-ring (bicyclic) bond motifs is 1. The summed E-state index contributed by atoms with van der Waals surface area (Å²) in [6, 6.07) is 30.9. The van der Waals surface area contributed by atoms with Crippen molar-refractivity contribution in [2.45, 2.75) is 25.4 Å². The maximum atomic E-state index is 13.1. The highest BCUT2D eigenvalue weighted by Gasteiger charge is 2.38. The van der Waals surface area contributed by atoms with Crippen LogP contribution in [0.2, 0.25) is 5.28 Å². The molecule has 0 fully saturated rings. The predicted molar refractivity (Wildman–Crippen MR) is 148 cm³/mol. The Hall–Kier alpha value is -4.49. The van der Waals surface area contributed by atoms with Gasteiger partial charge in [0.2, 0.25) is 10.9 Å². The molecule has 188 valence electrons. The number of aromatic nitrogens is 6. The van der Waals surface area contributed by atoms with Gasteiger partial charge in [-0.25, -0.2) is 14.5 Å². The summed E-state index contributed by atoms with van der Waals surface area (Å²) in [5, 5.41) is 4.57. The standard InChI is InChI=1S/C30H25ClN6O/c1-21(2)36-28(38)27-32-18-26(37(27)34-29(36)31)25-19-35(20-33-25)30(22-12-6-3-7-13-22,23-14-8-4-9-15-23)24-16-10-5-11-17-24/h3-21H,1-2H3. The van der Waals surface area contributed by atoms with Crippen molar-refractivity contribution in [1.82, 2.24) is 28.7 Å². The Morgan fingerprint density at radius 3 is 1.82 bits per heavy atom. The van der Waals surface area contributed by atoms with Gasteiger partial charge >= 0.3 is 0 Å². The van der Waals surface area contributed by atoms with Gasteiger partial charge in [-0.05, 0) is 42.1 Å². The first-order valence-corrected chi connectivity index (χ1v) is 12.8. The molecule has 3 aromatic carbocycles. The van der Waals surface area contributed by atoms with Crippen LogP contribution in [-0.2, 0) is 5.54 Å². The third-order valence-electron chi connectivity index (χ3n) is 6.85. The van der Waals surface area contributed by atoms with Crippen molar-refractivity contribution >= 4 is 17.2 Å². The topological polar surface area (TPSA) is 70.0 Å². The van der Waals surface area contributed by atoms with Gasteiger partial charge in [-0.2, -0.15) is 0 Å². The number of rotatable bonds is 6. The number of hydrogen-bond acceptors (Lipinski definition) is 4. The second-order valence-electron chi connectivity index (χ2n) is 9.39. The van der Waals surface area contributed by atoms with E-state index in [1.165, 1.54) is 9.08 Å². The molecule has 0 spiro atoms. The van der Waals surface area contributed by atoms with Crippen molar-refractivity contribution in [3.63, 3.8) is 0 Å². The van der Waals surface area contributed by atoms with Crippen LogP contribution in [0.5, 0.6) is 0 Å². The van der Waals surface area contributed by atoms with Crippen LogP contribution < -0.4 is 5.56 Å². The lowest BCUT2D eigenvalue weighted by Crippen LogP contribution is -2.36. The Balaban J connectivity index is 1.61. The second kappa shape index (κ2) is 9.43. The molecule has 0 radical (unpaired) electrons. The lowest BCUT2D eigenvalue weighted by atomic mass is 9.77. The van der Waals surface area contributed by atoms with Crippen molar-refractivity contribution in [3.8, 4) is 11.4 Å². The zero-order valence-corrected chi connectivity index (χ0v) is 21.7. The third-order valence-corrected chi connectivity index (χ3v) is 7.11. The van der Waals surface area contributed by atoms with Crippen LogP contribution in [0, 0.1) is 0 Å². The number of halogens is 1. The predicted octanol–water partition coefficient (Wildman–Crippen LogP) is 5.83. The van der Waals surface area contributed by atoms with Gasteiger partial charge in [-0.15, -0.1) is 5.10 Å². The van der Waals surface area contributed by atoms with Crippen LogP contribution in [0.4, 0.5) is 0 Å². The summed E-state index contributed by atoms with van der Waals surface area (Å²) in [5.41, 5.74) is 3.66. The average Bonchev–Trinajstić information content (AvgIpc) is 3.59. The van der Waals surface area contributed by atoms with E-state index in [1.54, 1.807) is 6.20 Å². The first-order valence-electron chi connectivity index (χ1n) is 12.4. The first-order chi connectivity index (χ1) is 18.5. The van der Waals surface area contributed by atoms with Gasteiger partial charge in [0.25, 0.3) is 5.56 Å². The van der Waals surface area contributed by atoms with E-state index in [1.807, 2.05) is 81.0 Å². The number of imidazole rings is 2. The van der Waals surface area contributed by atoms with Crippen LogP contribution in [0.25, 0.3) is 17.0 Å². The van der Waals surface area contributed by atoms with E-state index in [0.717, 1.165) is 16.7 Å². The average molecular weight is 521 g/mol. The molecule has 3 aromatic heterocycles. The Morgan fingerprint density at radius 2 is 1.32 bits per heavy atom. The van der Waals surface area contributed by atoms with Gasteiger partial charge in [0, 0.05) is 12.2 Å². The van der Waals surface area contributed by atoms with E-state index in [0.29, 0.717) is 11.4 Å². The molecule has 0 saturated carbocycles. The molecular formula is C30H25ClN6O. The summed E-state index contributed by atoms with van der Waals surface area (Å²) in [5.74, 6) is 0. The summed E-state index contributed by atoms with van der Waals surface area (Å²) in [7, 11) is 0. The molecule has 8 heteroatoms. The van der Waals surface area contributed by atoms with E-state index in [9.17, 15) is 4.79 Å². The van der Waals surface area contributed by atoms with Crippen LogP contribution in [0.15, 0.2) is 115 Å². The molecule has 0 aliphatic rings. The highest BCUT2D eigenvalue weighted by Crippen LogP contribution is 2.41. The van der Waals surface area contributed by atoms with Gasteiger partial charge in [-0.3, -0.25) is 9.36 Å². The highest BCUT2D eigenvalue weighted by atomic mass is 35.5. The number of hydrogen-bond donors (Lipinski definition) is 0. The van der Waals surface area contributed by atoms with Crippen LogP contribution in [0.1, 0.15) is 36.6 Å². The second-order valence-corrected chi connectivity index (χ2v) is 9.73. The summed E-state index contributed by atoms with van der Waals surface area (Å²) in [4.78, 5) is 22.2. The minimum absolute atomic E-state index is 0.100. The fraction of sp³-hybridized carbons (Fsp3) is 0.133. The zero-order chi connectivity index (χ0) is 26.3. The molecule has 0 bridgehead atoms. The van der Waals surface area contributed by atoms with E-state index in [2.05, 4.69) is 51.0 Å². The first kappa shape index (κ1) is 23.9. The SMILES string of the molecule is CC(C)n1c(Cl)nn2c(-c3cn(C(c4ccccc4)(c4ccccc4)c4ccccc4)cn3)cnc2c1=O. The van der Waals surface area contributed by atoms with Gasteiger partial charge in [-0.1, -0.05) is 91.0 Å². The van der Waals surface area contributed by atoms with E-state index in [4.69, 9.17) is 16.6 Å². The fourth-order valence-corrected chi connectivity index (χ4v) is 5.51. The van der Waals surface area contributed by atoms with Crippen LogP contribution >= 0.6 is 11.6 Å². The zero-order valence-electron chi connectivity index (χ0n) is 20.9. The molecule has 0 atom stereocenters. The normalized spacial score (nSPS) is 11.9. The highest BCUT2D eigenvalue weighted by molar-refractivity contribution is 6.28. The minimum atomic E-state index is -0.703. The fourth-order valence-electron chi connectivity index (χ4n) is 5.16. The smallest absolute Gasteiger partial charge is 0.298 e. The monoisotopic (exact) mass is 520 g/mol. The molecule has 0 aliphatic carbocycles. The van der Waals surface area contributed by atoms with Crippen molar-refractivity contribution in [2.75, 3.05) is 0 Å². The van der Waals surface area contributed by atoms with Crippen LogP contribution in [-0.4, -0.2) is 28.7 Å². The molecular weight excluding hydrogens is 496 g/mol. The van der Waals surface area contributed by atoms with Crippen molar-refractivity contribution in [3.05, 3.63) is 142 Å². The molecule has 0 saturated heterocycles. The molecule has 0 N–H and O–H groups in total. The lowest BCUT2D eigenvalue weighted by molar-refractivity contribution is 0.515. The Morgan fingerprint density at radius 1 is 0.789 bits per heavy atom. The molecule has 38 heavy (non-hydrogen) atoms. The van der Waals surface area contributed by atoms with Crippen LogP contribution in [0.3, 0.4) is 0 Å². The summed E-state index contributed by atoms with van der Waals surface area (Å²) in [6.45, 7) is 3.76. The van der Waals surface area contributed by atoms with Gasteiger partial charge in [0.1, 0.15) is 16.9 Å². The Labute approximate surface area is 224 Å². The summed E-state index contributed by atoms with van der Waals surface area (Å²) in [6.07, 6.45) is 5.41. The molecule has 3 heterocycles. The maximum Gasteiger partial charge on any atom is 0.298 e. The molecule has 0 aliphatic heterocycles. The van der Waals surface area contributed by atoms with E-state index >= 15 is 0 Å². The molecule has 0 unspecified atom stereocenters.